The van der Waals surface area contributed by atoms with Crippen LogP contribution in [-0.4, -0.2) is 65.1 Å². The predicted molar refractivity (Wildman–Crippen MR) is 102 cm³/mol. The largest absolute Gasteiger partial charge is 0.508 e. The summed E-state index contributed by atoms with van der Waals surface area (Å²) in [5.41, 5.74) is 5.32. The molecule has 9 nitrogen and oxygen atoms in total. The van der Waals surface area contributed by atoms with E-state index < -0.39 is 17.9 Å². The lowest BCUT2D eigenvalue weighted by atomic mass is 10.0. The number of phenolic OH excluding ortho intramolecular Hbond substituents is 2. The van der Waals surface area contributed by atoms with Gasteiger partial charge in [-0.25, -0.2) is 0 Å². The van der Waals surface area contributed by atoms with E-state index in [-0.39, 0.29) is 48.3 Å². The molecule has 0 bridgehead atoms. The van der Waals surface area contributed by atoms with E-state index in [4.69, 9.17) is 5.73 Å². The van der Waals surface area contributed by atoms with Crippen LogP contribution in [0.1, 0.15) is 19.8 Å². The Balaban J connectivity index is 0.00000364. The van der Waals surface area contributed by atoms with Crippen molar-refractivity contribution in [2.45, 2.75) is 25.8 Å². The SMILES string of the molecule is CC(=O)N(c1ccc(O)cc1O)[C@@H](CCC(N)=O)C(=O)N1CCNCC1.Cl. The van der Waals surface area contributed by atoms with E-state index in [2.05, 4.69) is 5.32 Å². The van der Waals surface area contributed by atoms with Crippen molar-refractivity contribution in [1.29, 1.82) is 0 Å². The molecular formula is C17H25ClN4O5. The van der Waals surface area contributed by atoms with Crippen LogP contribution in [0.5, 0.6) is 11.5 Å². The van der Waals surface area contributed by atoms with Gasteiger partial charge >= 0.3 is 0 Å². The number of carbonyl (C=O) groups is 3. The number of nitrogens with zero attached hydrogens (tertiary/aromatic N) is 2. The van der Waals surface area contributed by atoms with Crippen LogP contribution < -0.4 is 16.0 Å². The first-order chi connectivity index (χ1) is 12.3. The summed E-state index contributed by atoms with van der Waals surface area (Å²) < 4.78 is 0. The normalized spacial score (nSPS) is 14.8. The van der Waals surface area contributed by atoms with Gasteiger partial charge in [0.2, 0.25) is 17.7 Å². The molecule has 0 aliphatic carbocycles. The molecule has 1 aromatic carbocycles. The number of nitrogens with one attached hydrogen (secondary N) is 1. The highest BCUT2D eigenvalue weighted by Crippen LogP contribution is 2.33. The molecule has 1 heterocycles. The molecule has 10 heteroatoms. The van der Waals surface area contributed by atoms with Crippen LogP contribution in [0.2, 0.25) is 0 Å². The molecule has 1 aliphatic rings. The van der Waals surface area contributed by atoms with Crippen molar-refractivity contribution in [2.75, 3.05) is 31.1 Å². The number of halogens is 1. The number of phenols is 2. The average molecular weight is 401 g/mol. The van der Waals surface area contributed by atoms with Crippen molar-refractivity contribution in [3.05, 3.63) is 18.2 Å². The first-order valence-corrected chi connectivity index (χ1v) is 8.41. The van der Waals surface area contributed by atoms with Crippen LogP contribution in [0.15, 0.2) is 18.2 Å². The minimum atomic E-state index is -0.978. The standard InChI is InChI=1S/C17H24N4O5.ClH/c1-11(22)21(13-3-2-12(23)10-15(13)24)14(4-5-16(18)25)17(26)20-8-6-19-7-9-20;/h2-3,10,14,19,23-24H,4-9H2,1H3,(H2,18,25);1H/t14-;/m0./s1. The van der Waals surface area contributed by atoms with Crippen molar-refractivity contribution in [1.82, 2.24) is 10.2 Å². The zero-order valence-corrected chi connectivity index (χ0v) is 15.9. The van der Waals surface area contributed by atoms with Gasteiger partial charge in [-0.1, -0.05) is 0 Å². The third-order valence-electron chi connectivity index (χ3n) is 4.25. The summed E-state index contributed by atoms with van der Waals surface area (Å²) in [5, 5.41) is 22.8. The van der Waals surface area contributed by atoms with Crippen LogP contribution in [0.4, 0.5) is 5.69 Å². The van der Waals surface area contributed by atoms with E-state index in [1.807, 2.05) is 0 Å². The Bertz CT molecular complexity index is 694. The lowest BCUT2D eigenvalue weighted by molar-refractivity contribution is -0.135. The summed E-state index contributed by atoms with van der Waals surface area (Å²) in [7, 11) is 0. The Morgan fingerprint density at radius 3 is 2.41 bits per heavy atom. The number of hydrogen-bond donors (Lipinski definition) is 4. The monoisotopic (exact) mass is 400 g/mol. The second kappa shape index (κ2) is 9.98. The van der Waals surface area contributed by atoms with E-state index in [9.17, 15) is 24.6 Å². The van der Waals surface area contributed by atoms with Crippen molar-refractivity contribution < 1.29 is 24.6 Å². The van der Waals surface area contributed by atoms with Gasteiger partial charge in [-0.05, 0) is 18.6 Å². The summed E-state index contributed by atoms with van der Waals surface area (Å²) in [4.78, 5) is 39.4. The highest BCUT2D eigenvalue weighted by molar-refractivity contribution is 6.01. The fraction of sp³-hybridized carbons (Fsp3) is 0.471. The number of hydrogen-bond acceptors (Lipinski definition) is 6. The number of rotatable bonds is 6. The Hall–Kier alpha value is -2.52. The van der Waals surface area contributed by atoms with Gasteiger partial charge in [0.1, 0.15) is 17.5 Å². The highest BCUT2D eigenvalue weighted by atomic mass is 35.5. The van der Waals surface area contributed by atoms with E-state index >= 15 is 0 Å². The molecular weight excluding hydrogens is 376 g/mol. The van der Waals surface area contributed by atoms with Crippen molar-refractivity contribution in [3.8, 4) is 11.5 Å². The minimum Gasteiger partial charge on any atom is -0.508 e. The molecule has 1 fully saturated rings. The molecule has 1 aromatic rings. The summed E-state index contributed by atoms with van der Waals surface area (Å²) in [6.45, 7) is 3.52. The first kappa shape index (κ1) is 22.5. The zero-order chi connectivity index (χ0) is 19.3. The van der Waals surface area contributed by atoms with Gasteiger partial charge in [0.05, 0.1) is 5.69 Å². The maximum atomic E-state index is 13.0. The fourth-order valence-electron chi connectivity index (χ4n) is 3.01. The number of benzene rings is 1. The van der Waals surface area contributed by atoms with Crippen LogP contribution in [0.25, 0.3) is 0 Å². The third-order valence-corrected chi connectivity index (χ3v) is 4.25. The van der Waals surface area contributed by atoms with E-state index in [0.717, 1.165) is 11.0 Å². The van der Waals surface area contributed by atoms with Crippen molar-refractivity contribution >= 4 is 35.8 Å². The van der Waals surface area contributed by atoms with Gasteiger partial charge in [0.15, 0.2) is 0 Å². The Morgan fingerprint density at radius 1 is 1.26 bits per heavy atom. The molecule has 2 rings (SSSR count). The highest BCUT2D eigenvalue weighted by Gasteiger charge is 2.34. The molecule has 1 atom stereocenters. The topological polar surface area (TPSA) is 136 Å². The van der Waals surface area contributed by atoms with Gasteiger partial charge in [0, 0.05) is 45.6 Å². The van der Waals surface area contributed by atoms with E-state index in [1.54, 1.807) is 4.90 Å². The number of nitrogens with two attached hydrogens (primary N) is 1. The molecule has 1 saturated heterocycles. The lowest BCUT2D eigenvalue weighted by Gasteiger charge is -2.36. The number of amides is 3. The van der Waals surface area contributed by atoms with E-state index in [0.29, 0.717) is 26.2 Å². The number of primary amides is 1. The first-order valence-electron chi connectivity index (χ1n) is 8.41. The second-order valence-electron chi connectivity index (χ2n) is 6.16. The van der Waals surface area contributed by atoms with Gasteiger partial charge in [-0.15, -0.1) is 12.4 Å². The predicted octanol–water partition coefficient (Wildman–Crippen LogP) is -0.0616. The summed E-state index contributed by atoms with van der Waals surface area (Å²) in [6, 6.07) is 2.78. The van der Waals surface area contributed by atoms with Crippen molar-refractivity contribution in [3.63, 3.8) is 0 Å². The molecule has 0 spiro atoms. The smallest absolute Gasteiger partial charge is 0.245 e. The van der Waals surface area contributed by atoms with Crippen LogP contribution in [-0.2, 0) is 14.4 Å². The average Bonchev–Trinajstić information content (AvgIpc) is 2.59. The maximum absolute atomic E-state index is 13.0. The maximum Gasteiger partial charge on any atom is 0.245 e. The summed E-state index contributed by atoms with van der Waals surface area (Å²) in [6.07, 6.45) is -0.0386. The van der Waals surface area contributed by atoms with Crippen LogP contribution in [0.3, 0.4) is 0 Å². The molecule has 0 aromatic heterocycles. The quantitative estimate of drug-likeness (QED) is 0.528. The van der Waals surface area contributed by atoms with Gasteiger partial charge < -0.3 is 26.2 Å². The lowest BCUT2D eigenvalue weighted by Crippen LogP contribution is -2.55. The van der Waals surface area contributed by atoms with Crippen LogP contribution in [0, 0.1) is 0 Å². The Morgan fingerprint density at radius 2 is 1.89 bits per heavy atom. The van der Waals surface area contributed by atoms with Crippen LogP contribution >= 0.6 is 12.4 Å². The molecule has 0 unspecified atom stereocenters. The van der Waals surface area contributed by atoms with E-state index in [1.165, 1.54) is 19.1 Å². The molecule has 5 N–H and O–H groups in total. The number of piperazine rings is 1. The number of aromatic hydroxyl groups is 2. The summed E-state index contributed by atoms with van der Waals surface area (Å²) >= 11 is 0. The van der Waals surface area contributed by atoms with Gasteiger partial charge in [-0.2, -0.15) is 0 Å². The minimum absolute atomic E-state index is 0. The number of carbonyl (C=O) groups excluding carboxylic acids is 3. The summed E-state index contributed by atoms with van der Waals surface area (Å²) in [5.74, 6) is -1.87. The molecule has 150 valence electrons. The van der Waals surface area contributed by atoms with Gasteiger partial charge in [-0.3, -0.25) is 19.3 Å². The third kappa shape index (κ3) is 5.73. The molecule has 27 heavy (non-hydrogen) atoms. The Labute approximate surface area is 163 Å². The molecule has 3 amide bonds. The Kier molecular flexibility index (Phi) is 8.32. The van der Waals surface area contributed by atoms with Crippen molar-refractivity contribution in [2.24, 2.45) is 5.73 Å². The van der Waals surface area contributed by atoms with Gasteiger partial charge in [0.25, 0.3) is 0 Å². The molecule has 1 aliphatic heterocycles. The molecule has 0 radical (unpaired) electrons. The molecule has 0 saturated carbocycles. The second-order valence-corrected chi connectivity index (χ2v) is 6.16. The zero-order valence-electron chi connectivity index (χ0n) is 15.1. The fourth-order valence-corrected chi connectivity index (χ4v) is 3.01. The number of anilines is 1.